The van der Waals surface area contributed by atoms with Crippen molar-refractivity contribution in [1.82, 2.24) is 15.2 Å². The molecule has 0 saturated carbocycles. The molecule has 0 spiro atoms. The summed E-state index contributed by atoms with van der Waals surface area (Å²) in [5.74, 6) is -0.358. The second-order valence-electron chi connectivity index (χ2n) is 8.95. The number of para-hydroxylation sites is 1. The monoisotopic (exact) mass is 566 g/mol. The number of benzene rings is 3. The molecule has 11 nitrogen and oxygen atoms in total. The normalized spacial score (nSPS) is 14.3. The number of anilines is 2. The van der Waals surface area contributed by atoms with Gasteiger partial charge in [0.25, 0.3) is 21.6 Å². The van der Waals surface area contributed by atoms with Crippen LogP contribution in [0.1, 0.15) is 10.4 Å². The summed E-state index contributed by atoms with van der Waals surface area (Å²) in [5.41, 5.74) is 1.27. The molecule has 2 heterocycles. The Hall–Kier alpha value is -4.07. The summed E-state index contributed by atoms with van der Waals surface area (Å²) in [6.07, 6.45) is 0. The van der Waals surface area contributed by atoms with Crippen LogP contribution in [0.2, 0.25) is 0 Å². The maximum Gasteiger partial charge on any atom is 0.270 e. The molecule has 0 aliphatic carbocycles. The second kappa shape index (κ2) is 11.4. The molecule has 4 aromatic rings. The van der Waals surface area contributed by atoms with Gasteiger partial charge in [0.1, 0.15) is 0 Å². The molecule has 2 N–H and O–H groups in total. The number of hydrogen-bond donors (Lipinski definition) is 2. The van der Waals surface area contributed by atoms with E-state index in [1.165, 1.54) is 29.5 Å². The fourth-order valence-corrected chi connectivity index (χ4v) is 6.46. The number of hydrogen-bond acceptors (Lipinski definition) is 9. The Kier molecular flexibility index (Phi) is 7.72. The van der Waals surface area contributed by atoms with E-state index in [-0.39, 0.29) is 27.7 Å². The first-order chi connectivity index (χ1) is 18.8. The smallest absolute Gasteiger partial charge is 0.270 e. The summed E-state index contributed by atoms with van der Waals surface area (Å²) in [6.45, 7) is 4.10. The number of carbonyl (C=O) groups excluding carboxylic acids is 1. The van der Waals surface area contributed by atoms with Crippen LogP contribution in [-0.4, -0.2) is 68.4 Å². The molecule has 39 heavy (non-hydrogen) atoms. The molecule has 1 aliphatic heterocycles. The van der Waals surface area contributed by atoms with Crippen molar-refractivity contribution in [2.75, 3.05) is 48.9 Å². The van der Waals surface area contributed by atoms with Gasteiger partial charge in [0.2, 0.25) is 0 Å². The Balaban J connectivity index is 1.13. The third-order valence-corrected chi connectivity index (χ3v) is 8.86. The molecule has 5 rings (SSSR count). The molecule has 3 aromatic carbocycles. The first-order valence-corrected chi connectivity index (χ1v) is 14.6. The minimum Gasteiger partial charge on any atom is -0.351 e. The highest BCUT2D eigenvalue weighted by molar-refractivity contribution is 7.92. The van der Waals surface area contributed by atoms with Crippen LogP contribution in [0.5, 0.6) is 0 Å². The van der Waals surface area contributed by atoms with Crippen molar-refractivity contribution in [3.05, 3.63) is 88.5 Å². The van der Waals surface area contributed by atoms with Crippen LogP contribution < -0.4 is 14.9 Å². The lowest BCUT2D eigenvalue weighted by molar-refractivity contribution is -0.384. The predicted molar refractivity (Wildman–Crippen MR) is 151 cm³/mol. The zero-order valence-corrected chi connectivity index (χ0v) is 22.5. The second-order valence-corrected chi connectivity index (χ2v) is 11.6. The van der Waals surface area contributed by atoms with Crippen LogP contribution >= 0.6 is 11.3 Å². The Morgan fingerprint density at radius 3 is 2.46 bits per heavy atom. The van der Waals surface area contributed by atoms with Gasteiger partial charge >= 0.3 is 0 Å². The average molecular weight is 567 g/mol. The van der Waals surface area contributed by atoms with Crippen molar-refractivity contribution in [3.63, 3.8) is 0 Å². The SMILES string of the molecule is O=C(NCCN1CCN(c2nc3ccc([N+](=O)[O-])cc3s2)CC1)c1ccccc1NS(=O)(=O)c1ccccc1. The third kappa shape index (κ3) is 6.16. The number of piperazine rings is 1. The standard InChI is InChI=1S/C26H26N6O5S2/c33-25(21-8-4-5-9-22(21)29-39(36,37)20-6-2-1-3-7-20)27-12-13-30-14-16-31(17-15-30)26-28-23-11-10-19(32(34)35)18-24(23)38-26/h1-11,18,29H,12-17H2,(H,27,33). The number of thiazole rings is 1. The number of non-ortho nitro benzene ring substituents is 1. The molecule has 0 unspecified atom stereocenters. The molecule has 1 fully saturated rings. The highest BCUT2D eigenvalue weighted by Gasteiger charge is 2.22. The number of aromatic nitrogens is 1. The summed E-state index contributed by atoms with van der Waals surface area (Å²) >= 11 is 1.45. The number of sulfonamides is 1. The summed E-state index contributed by atoms with van der Waals surface area (Å²) in [4.78, 5) is 32.7. The van der Waals surface area contributed by atoms with E-state index in [0.717, 1.165) is 41.5 Å². The molecule has 0 atom stereocenters. The fraction of sp³-hybridized carbons (Fsp3) is 0.231. The van der Waals surface area contributed by atoms with Gasteiger partial charge in [-0.25, -0.2) is 13.4 Å². The number of rotatable bonds is 9. The number of nitro benzene ring substituents is 1. The van der Waals surface area contributed by atoms with E-state index in [1.54, 1.807) is 54.6 Å². The molecular weight excluding hydrogens is 540 g/mol. The van der Waals surface area contributed by atoms with Crippen molar-refractivity contribution in [3.8, 4) is 0 Å². The summed E-state index contributed by atoms with van der Waals surface area (Å²) < 4.78 is 28.8. The Labute approximate surface area is 229 Å². The number of amides is 1. The number of nitro groups is 1. The molecule has 13 heteroatoms. The van der Waals surface area contributed by atoms with Gasteiger partial charge in [-0.05, 0) is 30.3 Å². The molecule has 0 bridgehead atoms. The molecule has 0 radical (unpaired) electrons. The Bertz CT molecular complexity index is 1600. The van der Waals surface area contributed by atoms with Gasteiger partial charge in [-0.1, -0.05) is 41.7 Å². The van der Waals surface area contributed by atoms with Crippen LogP contribution in [0.3, 0.4) is 0 Å². The highest BCUT2D eigenvalue weighted by atomic mass is 32.2. The number of nitrogens with zero attached hydrogens (tertiary/aromatic N) is 4. The van der Waals surface area contributed by atoms with Crippen molar-refractivity contribution >= 4 is 54.0 Å². The molecule has 202 valence electrons. The van der Waals surface area contributed by atoms with Gasteiger partial charge in [0.15, 0.2) is 5.13 Å². The maximum absolute atomic E-state index is 12.9. The summed E-state index contributed by atoms with van der Waals surface area (Å²) in [7, 11) is -3.83. The van der Waals surface area contributed by atoms with Crippen molar-refractivity contribution in [1.29, 1.82) is 0 Å². The molecule has 1 amide bonds. The van der Waals surface area contributed by atoms with Gasteiger partial charge < -0.3 is 10.2 Å². The van der Waals surface area contributed by atoms with Crippen molar-refractivity contribution in [2.45, 2.75) is 4.90 Å². The number of fused-ring (bicyclic) bond motifs is 1. The van der Waals surface area contributed by atoms with Crippen LogP contribution in [-0.2, 0) is 10.0 Å². The lowest BCUT2D eigenvalue weighted by Gasteiger charge is -2.34. The van der Waals surface area contributed by atoms with E-state index >= 15 is 0 Å². The quantitative estimate of drug-likeness (QED) is 0.232. The minimum atomic E-state index is -3.83. The van der Waals surface area contributed by atoms with Crippen molar-refractivity contribution in [2.24, 2.45) is 0 Å². The van der Waals surface area contributed by atoms with E-state index < -0.39 is 14.9 Å². The predicted octanol–water partition coefficient (Wildman–Crippen LogP) is 3.56. The van der Waals surface area contributed by atoms with Crippen LogP contribution in [0.25, 0.3) is 10.2 Å². The zero-order chi connectivity index (χ0) is 27.4. The summed E-state index contributed by atoms with van der Waals surface area (Å²) in [6, 6.07) is 19.2. The third-order valence-electron chi connectivity index (χ3n) is 6.40. The largest absolute Gasteiger partial charge is 0.351 e. The van der Waals surface area contributed by atoms with Gasteiger partial charge in [-0.3, -0.25) is 24.5 Å². The minimum absolute atomic E-state index is 0.0563. The number of nitrogens with one attached hydrogen (secondary N) is 2. The van der Waals surface area contributed by atoms with Gasteiger partial charge in [-0.15, -0.1) is 0 Å². The lowest BCUT2D eigenvalue weighted by atomic mass is 10.1. The molecule has 1 aliphatic rings. The zero-order valence-electron chi connectivity index (χ0n) is 20.8. The topological polar surface area (TPSA) is 138 Å². The molecular formula is C26H26N6O5S2. The fourth-order valence-electron chi connectivity index (χ4n) is 4.31. The highest BCUT2D eigenvalue weighted by Crippen LogP contribution is 2.31. The van der Waals surface area contributed by atoms with E-state index in [1.807, 2.05) is 0 Å². The van der Waals surface area contributed by atoms with E-state index in [9.17, 15) is 23.3 Å². The Morgan fingerprint density at radius 1 is 1.00 bits per heavy atom. The number of carbonyl (C=O) groups is 1. The van der Waals surface area contributed by atoms with E-state index in [0.29, 0.717) is 13.1 Å². The Morgan fingerprint density at radius 2 is 1.72 bits per heavy atom. The van der Waals surface area contributed by atoms with E-state index in [4.69, 9.17) is 0 Å². The maximum atomic E-state index is 12.9. The first-order valence-electron chi connectivity index (χ1n) is 12.3. The summed E-state index contributed by atoms with van der Waals surface area (Å²) in [5, 5.41) is 14.8. The van der Waals surface area contributed by atoms with Crippen LogP contribution in [0, 0.1) is 10.1 Å². The average Bonchev–Trinajstić information content (AvgIpc) is 3.37. The van der Waals surface area contributed by atoms with Gasteiger partial charge in [0.05, 0.1) is 31.3 Å². The molecule has 1 aromatic heterocycles. The van der Waals surface area contributed by atoms with Crippen LogP contribution in [0.15, 0.2) is 77.7 Å². The van der Waals surface area contributed by atoms with E-state index in [2.05, 4.69) is 24.8 Å². The van der Waals surface area contributed by atoms with Gasteiger partial charge in [0, 0.05) is 51.4 Å². The lowest BCUT2D eigenvalue weighted by Crippen LogP contribution is -2.48. The van der Waals surface area contributed by atoms with Gasteiger partial charge in [-0.2, -0.15) is 0 Å². The first kappa shape index (κ1) is 26.5. The van der Waals surface area contributed by atoms with Crippen LogP contribution in [0.4, 0.5) is 16.5 Å². The van der Waals surface area contributed by atoms with Crippen molar-refractivity contribution < 1.29 is 18.1 Å². The molecule has 1 saturated heterocycles.